The molecule has 0 amide bonds. The van der Waals surface area contributed by atoms with Crippen molar-refractivity contribution in [3.05, 3.63) is 187 Å². The van der Waals surface area contributed by atoms with Gasteiger partial charge >= 0.3 is 0 Å². The van der Waals surface area contributed by atoms with Crippen molar-refractivity contribution in [2.45, 2.75) is 37.5 Å². The van der Waals surface area contributed by atoms with Gasteiger partial charge in [0.25, 0.3) is 0 Å². The number of hydrogen-bond donors (Lipinski definition) is 0. The van der Waals surface area contributed by atoms with Gasteiger partial charge in [-0.05, 0) is 86.7 Å². The number of benzene rings is 7. The monoisotopic (exact) mass is 718 g/mol. The first-order valence-corrected chi connectivity index (χ1v) is 19.5. The van der Waals surface area contributed by atoms with Crippen LogP contribution in [0.4, 0.5) is 0 Å². The van der Waals surface area contributed by atoms with Crippen LogP contribution in [0.15, 0.2) is 170 Å². The molecule has 0 unspecified atom stereocenters. The topological polar surface area (TPSA) is 62.5 Å². The maximum atomic E-state index is 9.75. The lowest BCUT2D eigenvalue weighted by atomic mass is 9.67. The van der Waals surface area contributed by atoms with E-state index in [2.05, 4.69) is 158 Å². The molecule has 0 N–H and O–H groups in total. The molecule has 0 radical (unpaired) electrons. The van der Waals surface area contributed by atoms with Crippen molar-refractivity contribution in [3.8, 4) is 84.7 Å². The van der Waals surface area contributed by atoms with Crippen LogP contribution in [-0.4, -0.2) is 15.0 Å². The van der Waals surface area contributed by atoms with Gasteiger partial charge in [-0.15, -0.1) is 0 Å². The molecule has 1 saturated carbocycles. The Kier molecular flexibility index (Phi) is 8.42. The fraction of sp³-hybridized carbons (Fsp3) is 0.115. The van der Waals surface area contributed by atoms with Crippen molar-refractivity contribution in [3.63, 3.8) is 0 Å². The molecule has 0 atom stereocenters. The van der Waals surface area contributed by atoms with E-state index >= 15 is 0 Å². The average Bonchev–Trinajstić information content (AvgIpc) is 3.54. The van der Waals surface area contributed by atoms with Crippen LogP contribution in [0.25, 0.3) is 78.7 Å². The molecule has 1 fully saturated rings. The Balaban J connectivity index is 1.02. The molecular formula is C52H38N4. The zero-order chi connectivity index (χ0) is 37.5. The maximum Gasteiger partial charge on any atom is 0.164 e. The van der Waals surface area contributed by atoms with Crippen LogP contribution in [0.1, 0.15) is 48.8 Å². The molecule has 4 nitrogen and oxygen atoms in total. The third kappa shape index (κ3) is 5.99. The molecule has 7 aromatic carbocycles. The molecule has 0 bridgehead atoms. The summed E-state index contributed by atoms with van der Waals surface area (Å²) in [5.74, 6) is 1.90. The maximum absolute atomic E-state index is 9.75. The number of aromatic nitrogens is 3. The highest BCUT2D eigenvalue weighted by Gasteiger charge is 2.44. The first-order chi connectivity index (χ1) is 27.6. The van der Waals surface area contributed by atoms with Crippen LogP contribution in [-0.2, 0) is 5.41 Å². The van der Waals surface area contributed by atoms with Crippen LogP contribution in [0.5, 0.6) is 0 Å². The van der Waals surface area contributed by atoms with Crippen LogP contribution in [0, 0.1) is 11.3 Å². The van der Waals surface area contributed by atoms with Crippen molar-refractivity contribution in [2.24, 2.45) is 0 Å². The molecule has 0 saturated heterocycles. The second kappa shape index (κ2) is 14.0. The van der Waals surface area contributed by atoms with Crippen molar-refractivity contribution >= 4 is 0 Å². The van der Waals surface area contributed by atoms with Gasteiger partial charge in [-0.1, -0.05) is 171 Å². The van der Waals surface area contributed by atoms with E-state index in [9.17, 15) is 5.26 Å². The predicted molar refractivity (Wildman–Crippen MR) is 226 cm³/mol. The summed E-state index contributed by atoms with van der Waals surface area (Å²) < 4.78 is 0. The van der Waals surface area contributed by atoms with Crippen LogP contribution >= 0.6 is 0 Å². The van der Waals surface area contributed by atoms with Crippen molar-refractivity contribution < 1.29 is 0 Å². The molecule has 4 heteroatoms. The lowest BCUT2D eigenvalue weighted by molar-refractivity contribution is 0.353. The van der Waals surface area contributed by atoms with Gasteiger partial charge in [0.1, 0.15) is 0 Å². The SMILES string of the molecule is N#Cc1ccc2c(c1)C1(CCCCC1)c1cc(-c3ccc(-c4nc(-c5ccc(-c6ccccc6)cc5)nc(-c5ccc(-c6ccccc6)cc5)n4)cc3)ccc1-2. The minimum absolute atomic E-state index is 0.0258. The first kappa shape index (κ1) is 33.6. The highest BCUT2D eigenvalue weighted by atomic mass is 15.0. The largest absolute Gasteiger partial charge is 0.208 e. The number of fused-ring (bicyclic) bond motifs is 5. The smallest absolute Gasteiger partial charge is 0.164 e. The van der Waals surface area contributed by atoms with E-state index in [-0.39, 0.29) is 5.41 Å². The molecule has 1 heterocycles. The van der Waals surface area contributed by atoms with Crippen molar-refractivity contribution in [2.75, 3.05) is 0 Å². The van der Waals surface area contributed by atoms with Gasteiger partial charge in [-0.2, -0.15) is 5.26 Å². The Bertz CT molecular complexity index is 2640. The lowest BCUT2D eigenvalue weighted by Crippen LogP contribution is -2.28. The van der Waals surface area contributed by atoms with Crippen LogP contribution in [0.3, 0.4) is 0 Å². The van der Waals surface area contributed by atoms with Crippen molar-refractivity contribution in [1.29, 1.82) is 5.26 Å². The highest BCUT2D eigenvalue weighted by molar-refractivity contribution is 5.85. The van der Waals surface area contributed by atoms with Gasteiger partial charge < -0.3 is 0 Å². The molecule has 1 aromatic heterocycles. The Morgan fingerprint density at radius 2 is 0.750 bits per heavy atom. The minimum atomic E-state index is -0.0258. The molecule has 8 aromatic rings. The lowest BCUT2D eigenvalue weighted by Gasteiger charge is -2.36. The standard InChI is InChI=1S/C52H38N4/c53-34-35-14-28-45-46-29-27-44(33-48(46)52(47(45)32-35)30-8-3-9-31-52)40-19-25-43(26-20-40)51-55-49(41-21-15-38(16-22-41)36-10-4-1-5-11-36)54-50(56-51)42-23-17-39(18-24-42)37-12-6-2-7-13-37/h1-2,4-7,10-29,32-33H,3,8-9,30-31H2. The molecule has 56 heavy (non-hydrogen) atoms. The summed E-state index contributed by atoms with van der Waals surface area (Å²) in [7, 11) is 0. The Labute approximate surface area is 327 Å². The van der Waals surface area contributed by atoms with Gasteiger partial charge in [-0.25, -0.2) is 15.0 Å². The predicted octanol–water partition coefficient (Wildman–Crippen LogP) is 13.0. The Morgan fingerprint density at radius 1 is 0.375 bits per heavy atom. The first-order valence-electron chi connectivity index (χ1n) is 19.5. The van der Waals surface area contributed by atoms with Gasteiger partial charge in [0, 0.05) is 22.1 Å². The highest BCUT2D eigenvalue weighted by Crippen LogP contribution is 2.56. The second-order valence-corrected chi connectivity index (χ2v) is 15.0. The summed E-state index contributed by atoms with van der Waals surface area (Å²) in [5.41, 5.74) is 15.8. The summed E-state index contributed by atoms with van der Waals surface area (Å²) in [5, 5.41) is 9.75. The number of rotatable bonds is 6. The van der Waals surface area contributed by atoms with Gasteiger partial charge in [0.2, 0.25) is 0 Å². The molecule has 2 aliphatic rings. The summed E-state index contributed by atoms with van der Waals surface area (Å²) >= 11 is 0. The van der Waals surface area contributed by atoms with E-state index < -0.39 is 0 Å². The summed E-state index contributed by atoms with van der Waals surface area (Å²) in [6, 6.07) is 62.0. The summed E-state index contributed by atoms with van der Waals surface area (Å²) in [6.07, 6.45) is 5.93. The molecule has 0 aliphatic heterocycles. The number of nitrogens with zero attached hydrogens (tertiary/aromatic N) is 4. The fourth-order valence-corrected chi connectivity index (χ4v) is 8.90. The molecule has 2 aliphatic carbocycles. The van der Waals surface area contributed by atoms with Crippen LogP contribution in [0.2, 0.25) is 0 Å². The molecular weight excluding hydrogens is 681 g/mol. The zero-order valence-electron chi connectivity index (χ0n) is 31.0. The average molecular weight is 719 g/mol. The van der Waals surface area contributed by atoms with E-state index in [1.165, 1.54) is 58.2 Å². The summed E-state index contributed by atoms with van der Waals surface area (Å²) in [4.78, 5) is 15.2. The Morgan fingerprint density at radius 3 is 1.21 bits per heavy atom. The minimum Gasteiger partial charge on any atom is -0.208 e. The van der Waals surface area contributed by atoms with Gasteiger partial charge in [-0.3, -0.25) is 0 Å². The third-order valence-corrected chi connectivity index (χ3v) is 11.8. The van der Waals surface area contributed by atoms with E-state index in [0.29, 0.717) is 17.5 Å². The fourth-order valence-electron chi connectivity index (χ4n) is 8.90. The normalized spacial score (nSPS) is 13.8. The second-order valence-electron chi connectivity index (χ2n) is 15.0. The van der Waals surface area contributed by atoms with Gasteiger partial charge in [0.15, 0.2) is 17.5 Å². The molecule has 266 valence electrons. The molecule has 1 spiro atoms. The molecule has 10 rings (SSSR count). The van der Waals surface area contributed by atoms with Crippen LogP contribution < -0.4 is 0 Å². The third-order valence-electron chi connectivity index (χ3n) is 11.8. The van der Waals surface area contributed by atoms with E-state index in [0.717, 1.165) is 51.8 Å². The van der Waals surface area contributed by atoms with E-state index in [1.807, 2.05) is 18.2 Å². The van der Waals surface area contributed by atoms with E-state index in [4.69, 9.17) is 15.0 Å². The Hall–Kier alpha value is -6.96. The summed E-state index contributed by atoms with van der Waals surface area (Å²) in [6.45, 7) is 0. The quantitative estimate of drug-likeness (QED) is 0.172. The van der Waals surface area contributed by atoms with Gasteiger partial charge in [0.05, 0.1) is 11.6 Å². The number of hydrogen-bond acceptors (Lipinski definition) is 4. The number of nitriles is 1. The zero-order valence-corrected chi connectivity index (χ0v) is 31.0. The van der Waals surface area contributed by atoms with E-state index in [1.54, 1.807) is 0 Å². The van der Waals surface area contributed by atoms with Crippen molar-refractivity contribution in [1.82, 2.24) is 15.0 Å².